The summed E-state index contributed by atoms with van der Waals surface area (Å²) in [5.41, 5.74) is 1.11. The lowest BCUT2D eigenvalue weighted by molar-refractivity contribution is -0.115. The van der Waals surface area contributed by atoms with Crippen LogP contribution in [0.3, 0.4) is 0 Å². The van der Waals surface area contributed by atoms with Gasteiger partial charge in [0.15, 0.2) is 5.11 Å². The van der Waals surface area contributed by atoms with Gasteiger partial charge in [-0.2, -0.15) is 0 Å². The minimum Gasteiger partial charge on any atom is -0.359 e. The van der Waals surface area contributed by atoms with Gasteiger partial charge in [-0.3, -0.25) is 10.1 Å². The molecular weight excluding hydrogens is 359 g/mol. The minimum atomic E-state index is -0.291. The second-order valence-corrected chi connectivity index (χ2v) is 9.26. The number of thiocarbonyl (C=S) groups is 1. The molecule has 1 aromatic carbocycles. The van der Waals surface area contributed by atoms with Gasteiger partial charge in [0.25, 0.3) is 0 Å². The average molecular weight is 387 g/mol. The van der Waals surface area contributed by atoms with Crippen LogP contribution in [-0.2, 0) is 4.79 Å². The first-order valence-corrected chi connectivity index (χ1v) is 10.4. The Labute approximate surface area is 165 Å². The summed E-state index contributed by atoms with van der Waals surface area (Å²) in [5, 5.41) is 6.53. The van der Waals surface area contributed by atoms with Crippen molar-refractivity contribution in [3.05, 3.63) is 41.7 Å². The Kier molecular flexibility index (Phi) is 5.06. The van der Waals surface area contributed by atoms with Crippen LogP contribution in [0, 0.1) is 29.0 Å². The summed E-state index contributed by atoms with van der Waals surface area (Å²) >= 11 is 5.38. The van der Waals surface area contributed by atoms with E-state index in [0.717, 1.165) is 23.3 Å². The van der Waals surface area contributed by atoms with E-state index in [0.29, 0.717) is 10.5 Å². The Morgan fingerprint density at radius 3 is 2.26 bits per heavy atom. The SMILES string of the molecule is C[C@@H](NC(=S)NC(=O)/C=C\c1ccc(F)cc1)C12CC3CC(CC(C3)C1)C2. The third kappa shape index (κ3) is 4.08. The van der Waals surface area contributed by atoms with E-state index in [-0.39, 0.29) is 17.8 Å². The number of hydrogen-bond donors (Lipinski definition) is 2. The summed E-state index contributed by atoms with van der Waals surface area (Å²) in [6.07, 6.45) is 11.2. The fourth-order valence-electron chi connectivity index (χ4n) is 5.99. The molecule has 4 aliphatic carbocycles. The zero-order valence-electron chi connectivity index (χ0n) is 15.7. The van der Waals surface area contributed by atoms with E-state index >= 15 is 0 Å². The van der Waals surface area contributed by atoms with Crippen molar-refractivity contribution in [2.75, 3.05) is 0 Å². The first kappa shape index (κ1) is 18.6. The summed E-state index contributed by atoms with van der Waals surface area (Å²) in [6.45, 7) is 2.22. The van der Waals surface area contributed by atoms with Gasteiger partial charge < -0.3 is 5.32 Å². The molecule has 3 nitrogen and oxygen atoms in total. The van der Waals surface area contributed by atoms with Gasteiger partial charge in [-0.25, -0.2) is 4.39 Å². The Morgan fingerprint density at radius 1 is 1.15 bits per heavy atom. The fourth-order valence-corrected chi connectivity index (χ4v) is 6.27. The van der Waals surface area contributed by atoms with E-state index in [1.165, 1.54) is 56.7 Å². The molecule has 5 heteroatoms. The van der Waals surface area contributed by atoms with Crippen molar-refractivity contribution < 1.29 is 9.18 Å². The molecule has 0 heterocycles. The van der Waals surface area contributed by atoms with Crippen molar-refractivity contribution in [3.63, 3.8) is 0 Å². The van der Waals surface area contributed by atoms with Crippen LogP contribution in [-0.4, -0.2) is 17.1 Å². The second-order valence-electron chi connectivity index (χ2n) is 8.85. The lowest BCUT2D eigenvalue weighted by atomic mass is 9.48. The summed E-state index contributed by atoms with van der Waals surface area (Å²) in [7, 11) is 0. The van der Waals surface area contributed by atoms with Crippen LogP contribution in [0.1, 0.15) is 51.0 Å². The Balaban J connectivity index is 1.31. The van der Waals surface area contributed by atoms with Gasteiger partial charge in [-0.05, 0) is 105 Å². The number of amides is 1. The Bertz CT molecular complexity index is 723. The van der Waals surface area contributed by atoms with Crippen molar-refractivity contribution in [2.24, 2.45) is 23.2 Å². The lowest BCUT2D eigenvalue weighted by Gasteiger charge is -2.59. The molecule has 4 aliphatic rings. The molecule has 0 radical (unpaired) electrons. The van der Waals surface area contributed by atoms with Gasteiger partial charge in [0.05, 0.1) is 0 Å². The van der Waals surface area contributed by atoms with Crippen molar-refractivity contribution in [2.45, 2.75) is 51.5 Å². The maximum Gasteiger partial charge on any atom is 0.250 e. The smallest absolute Gasteiger partial charge is 0.250 e. The molecule has 0 unspecified atom stereocenters. The van der Waals surface area contributed by atoms with Crippen molar-refractivity contribution in [3.8, 4) is 0 Å². The standard InChI is InChI=1S/C22H27FN2OS/c1-14(22-11-16-8-17(12-22)10-18(9-16)13-22)24-21(27)25-20(26)7-4-15-2-5-19(23)6-3-15/h2-7,14,16-18H,8-13H2,1H3,(H2,24,25,26,27)/b7-4-/t14-,16?,17?,18?,22?/m1/s1. The molecule has 0 aliphatic heterocycles. The molecule has 27 heavy (non-hydrogen) atoms. The van der Waals surface area contributed by atoms with Gasteiger partial charge >= 0.3 is 0 Å². The molecule has 144 valence electrons. The molecule has 4 bridgehead atoms. The van der Waals surface area contributed by atoms with Crippen LogP contribution in [0.25, 0.3) is 6.08 Å². The first-order chi connectivity index (χ1) is 12.9. The summed E-state index contributed by atoms with van der Waals surface area (Å²) in [6, 6.07) is 6.28. The molecule has 4 fully saturated rings. The van der Waals surface area contributed by atoms with E-state index in [4.69, 9.17) is 12.2 Å². The Morgan fingerprint density at radius 2 is 1.70 bits per heavy atom. The van der Waals surface area contributed by atoms with E-state index in [1.54, 1.807) is 18.2 Å². The first-order valence-electron chi connectivity index (χ1n) is 9.97. The number of halogens is 1. The predicted octanol–water partition coefficient (Wildman–Crippen LogP) is 4.43. The molecule has 4 saturated carbocycles. The number of rotatable bonds is 4. The van der Waals surface area contributed by atoms with E-state index in [1.807, 2.05) is 0 Å². The van der Waals surface area contributed by atoms with E-state index < -0.39 is 0 Å². The topological polar surface area (TPSA) is 41.1 Å². The van der Waals surface area contributed by atoms with Crippen LogP contribution < -0.4 is 10.6 Å². The molecule has 0 saturated heterocycles. The third-order valence-corrected chi connectivity index (χ3v) is 7.11. The van der Waals surface area contributed by atoms with Gasteiger partial charge in [0.2, 0.25) is 5.91 Å². The van der Waals surface area contributed by atoms with Gasteiger partial charge in [-0.1, -0.05) is 12.1 Å². The maximum atomic E-state index is 12.9. The second kappa shape index (κ2) is 7.34. The highest BCUT2D eigenvalue weighted by atomic mass is 32.1. The summed E-state index contributed by atoms with van der Waals surface area (Å²) in [5.74, 6) is 2.11. The number of carbonyl (C=O) groups excluding carboxylic acids is 1. The zero-order chi connectivity index (χ0) is 19.0. The molecule has 0 aromatic heterocycles. The Hall–Kier alpha value is -1.75. The summed E-state index contributed by atoms with van der Waals surface area (Å²) < 4.78 is 12.9. The lowest BCUT2D eigenvalue weighted by Crippen LogP contribution is -2.57. The predicted molar refractivity (Wildman–Crippen MR) is 109 cm³/mol. The van der Waals surface area contributed by atoms with Crippen LogP contribution in [0.2, 0.25) is 0 Å². The quantitative estimate of drug-likeness (QED) is 0.594. The molecule has 0 spiro atoms. The normalized spacial score (nSPS) is 32.4. The van der Waals surface area contributed by atoms with Crippen molar-refractivity contribution in [1.29, 1.82) is 0 Å². The summed E-state index contributed by atoms with van der Waals surface area (Å²) in [4.78, 5) is 12.1. The van der Waals surface area contributed by atoms with E-state index in [2.05, 4.69) is 17.6 Å². The number of nitrogens with one attached hydrogen (secondary N) is 2. The van der Waals surface area contributed by atoms with Gasteiger partial charge in [-0.15, -0.1) is 0 Å². The van der Waals surface area contributed by atoms with Crippen molar-refractivity contribution >= 4 is 29.3 Å². The van der Waals surface area contributed by atoms with Crippen LogP contribution >= 0.6 is 12.2 Å². The van der Waals surface area contributed by atoms with Gasteiger partial charge in [0.1, 0.15) is 5.82 Å². The third-order valence-electron chi connectivity index (χ3n) is 6.89. The average Bonchev–Trinajstić information content (AvgIpc) is 2.60. The molecule has 5 rings (SSSR count). The zero-order valence-corrected chi connectivity index (χ0v) is 16.5. The molecule has 1 aromatic rings. The van der Waals surface area contributed by atoms with Gasteiger partial charge in [0, 0.05) is 12.1 Å². The highest BCUT2D eigenvalue weighted by molar-refractivity contribution is 7.80. The fraction of sp³-hybridized carbons (Fsp3) is 0.545. The monoisotopic (exact) mass is 386 g/mol. The minimum absolute atomic E-state index is 0.269. The molecular formula is C22H27FN2OS. The highest BCUT2D eigenvalue weighted by Crippen LogP contribution is 2.61. The molecule has 2 N–H and O–H groups in total. The van der Waals surface area contributed by atoms with E-state index in [9.17, 15) is 9.18 Å². The van der Waals surface area contributed by atoms with Crippen LogP contribution in [0.5, 0.6) is 0 Å². The largest absolute Gasteiger partial charge is 0.359 e. The number of benzene rings is 1. The van der Waals surface area contributed by atoms with Crippen LogP contribution in [0.15, 0.2) is 30.3 Å². The van der Waals surface area contributed by atoms with Crippen molar-refractivity contribution in [1.82, 2.24) is 10.6 Å². The molecule has 1 atom stereocenters. The maximum absolute atomic E-state index is 12.9. The molecule has 1 amide bonds. The highest BCUT2D eigenvalue weighted by Gasteiger charge is 2.53. The number of hydrogen-bond acceptors (Lipinski definition) is 2. The number of carbonyl (C=O) groups is 1. The van der Waals surface area contributed by atoms with Crippen LogP contribution in [0.4, 0.5) is 4.39 Å².